The average Bonchev–Trinajstić information content (AvgIpc) is 2.27. The zero-order chi connectivity index (χ0) is 12.9. The van der Waals surface area contributed by atoms with Crippen molar-refractivity contribution in [3.05, 3.63) is 12.2 Å². The summed E-state index contributed by atoms with van der Waals surface area (Å²) in [6, 6.07) is 0. The van der Waals surface area contributed by atoms with Gasteiger partial charge in [0.15, 0.2) is 5.78 Å². The maximum absolute atomic E-state index is 11.4. The number of rotatable bonds is 7. The van der Waals surface area contributed by atoms with Crippen LogP contribution in [0.5, 0.6) is 0 Å². The highest BCUT2D eigenvalue weighted by Crippen LogP contribution is 2.13. The van der Waals surface area contributed by atoms with Crippen molar-refractivity contribution in [3.63, 3.8) is 0 Å². The Morgan fingerprint density at radius 1 is 1.31 bits per heavy atom. The first-order valence-corrected chi connectivity index (χ1v) is 4.66. The Hall–Kier alpha value is -1.08. The lowest BCUT2D eigenvalue weighted by molar-refractivity contribution is -0.138. The van der Waals surface area contributed by atoms with Crippen LogP contribution in [0.25, 0.3) is 0 Å². The van der Waals surface area contributed by atoms with Gasteiger partial charge in [-0.3, -0.25) is 4.79 Å². The molecule has 0 rings (SSSR count). The van der Waals surface area contributed by atoms with E-state index in [1.165, 1.54) is 6.92 Å². The second-order valence-corrected chi connectivity index (χ2v) is 3.54. The minimum absolute atomic E-state index is 0.0573. The van der Waals surface area contributed by atoms with Crippen LogP contribution in [0.2, 0.25) is 0 Å². The third-order valence-corrected chi connectivity index (χ3v) is 2.17. The number of Topliss-reactive ketones (excluding diaryl/α,β-unsaturated/α-hetero) is 1. The van der Waals surface area contributed by atoms with Crippen LogP contribution in [0, 0.1) is 5.92 Å². The number of hydrogen-bond acceptors (Lipinski definition) is 6. The van der Waals surface area contributed by atoms with Gasteiger partial charge in [0.05, 0.1) is 12.7 Å². The van der Waals surface area contributed by atoms with Gasteiger partial charge < -0.3 is 25.2 Å². The van der Waals surface area contributed by atoms with Crippen molar-refractivity contribution in [2.75, 3.05) is 6.61 Å². The molecule has 0 bridgehead atoms. The standard InChI is InChI=1S/C10H16O6/c1-5(2)8(14)6(3-11)9(15)10(16)7(13)4-12/h3,6-7,9-10,12-13,15-16H,1,4H2,2H3/t6-,7-,9-,10-/m1/s1. The van der Waals surface area contributed by atoms with Gasteiger partial charge >= 0.3 is 0 Å². The van der Waals surface area contributed by atoms with Crippen LogP contribution < -0.4 is 0 Å². The predicted molar refractivity (Wildman–Crippen MR) is 54.5 cm³/mol. The summed E-state index contributed by atoms with van der Waals surface area (Å²) in [4.78, 5) is 22.0. The number of aldehydes is 1. The highest BCUT2D eigenvalue weighted by Gasteiger charge is 2.35. The number of carbonyl (C=O) groups is 2. The van der Waals surface area contributed by atoms with Crippen molar-refractivity contribution in [2.24, 2.45) is 5.92 Å². The van der Waals surface area contributed by atoms with E-state index in [0.29, 0.717) is 0 Å². The Kier molecular flexibility index (Phi) is 6.05. The van der Waals surface area contributed by atoms with Crippen molar-refractivity contribution in [3.8, 4) is 0 Å². The molecule has 0 radical (unpaired) electrons. The molecule has 0 unspecified atom stereocenters. The van der Waals surface area contributed by atoms with E-state index in [0.717, 1.165) is 0 Å². The highest BCUT2D eigenvalue weighted by molar-refractivity contribution is 6.04. The van der Waals surface area contributed by atoms with Gasteiger partial charge in [-0.05, 0) is 12.5 Å². The fourth-order valence-corrected chi connectivity index (χ4v) is 1.13. The zero-order valence-electron chi connectivity index (χ0n) is 8.91. The Balaban J connectivity index is 4.77. The van der Waals surface area contributed by atoms with Crippen molar-refractivity contribution in [1.82, 2.24) is 0 Å². The van der Waals surface area contributed by atoms with Crippen molar-refractivity contribution < 1.29 is 30.0 Å². The van der Waals surface area contributed by atoms with Crippen molar-refractivity contribution >= 4 is 12.1 Å². The SMILES string of the molecule is C=C(C)C(=O)[C@@H](C=O)[C@@H](O)[C@H](O)[C@H](O)CO. The van der Waals surface area contributed by atoms with Gasteiger partial charge in [0.25, 0.3) is 0 Å². The molecule has 0 aliphatic heterocycles. The first kappa shape index (κ1) is 14.9. The van der Waals surface area contributed by atoms with E-state index < -0.39 is 36.6 Å². The monoisotopic (exact) mass is 232 g/mol. The molecule has 0 aromatic carbocycles. The van der Waals surface area contributed by atoms with Gasteiger partial charge in [-0.2, -0.15) is 0 Å². The first-order valence-electron chi connectivity index (χ1n) is 4.66. The topological polar surface area (TPSA) is 115 Å². The minimum atomic E-state index is -1.77. The molecule has 4 atom stereocenters. The van der Waals surface area contributed by atoms with Gasteiger partial charge in [0.1, 0.15) is 24.4 Å². The molecular weight excluding hydrogens is 216 g/mol. The third-order valence-electron chi connectivity index (χ3n) is 2.17. The van der Waals surface area contributed by atoms with E-state index >= 15 is 0 Å². The Bertz CT molecular complexity index is 274. The van der Waals surface area contributed by atoms with Crippen LogP contribution in [-0.4, -0.2) is 57.4 Å². The molecule has 4 N–H and O–H groups in total. The van der Waals surface area contributed by atoms with Crippen molar-refractivity contribution in [1.29, 1.82) is 0 Å². The van der Waals surface area contributed by atoms with Gasteiger partial charge in [-0.1, -0.05) is 6.58 Å². The molecule has 0 amide bonds. The van der Waals surface area contributed by atoms with Crippen LogP contribution in [0.15, 0.2) is 12.2 Å². The largest absolute Gasteiger partial charge is 0.394 e. The second kappa shape index (κ2) is 6.49. The highest BCUT2D eigenvalue weighted by atomic mass is 16.4. The van der Waals surface area contributed by atoms with Gasteiger partial charge in [0, 0.05) is 0 Å². The molecule has 0 spiro atoms. The Labute approximate surface area is 92.8 Å². The number of carbonyl (C=O) groups excluding carboxylic acids is 2. The number of aliphatic hydroxyl groups is 4. The number of hydrogen-bond donors (Lipinski definition) is 4. The predicted octanol–water partition coefficient (Wildman–Crippen LogP) is -1.98. The lowest BCUT2D eigenvalue weighted by Gasteiger charge is -2.24. The van der Waals surface area contributed by atoms with Crippen LogP contribution in [0.3, 0.4) is 0 Å². The summed E-state index contributed by atoms with van der Waals surface area (Å²) in [5.41, 5.74) is 0.0573. The van der Waals surface area contributed by atoms with E-state index in [1.807, 2.05) is 0 Å². The molecule has 16 heavy (non-hydrogen) atoms. The Morgan fingerprint density at radius 3 is 2.12 bits per heavy atom. The molecule has 0 aromatic heterocycles. The fourth-order valence-electron chi connectivity index (χ4n) is 1.13. The van der Waals surface area contributed by atoms with Crippen molar-refractivity contribution in [2.45, 2.75) is 25.2 Å². The molecular formula is C10H16O6. The molecule has 0 aliphatic carbocycles. The van der Waals surface area contributed by atoms with Crippen LogP contribution >= 0.6 is 0 Å². The van der Waals surface area contributed by atoms with E-state index in [4.69, 9.17) is 10.2 Å². The summed E-state index contributed by atoms with van der Waals surface area (Å²) in [6.07, 6.45) is -4.99. The van der Waals surface area contributed by atoms with E-state index in [-0.39, 0.29) is 11.9 Å². The average molecular weight is 232 g/mol. The van der Waals surface area contributed by atoms with Gasteiger partial charge in [-0.25, -0.2) is 0 Å². The molecule has 0 aliphatic rings. The maximum atomic E-state index is 11.4. The maximum Gasteiger partial charge on any atom is 0.170 e. The second-order valence-electron chi connectivity index (χ2n) is 3.54. The smallest absolute Gasteiger partial charge is 0.170 e. The summed E-state index contributed by atoms with van der Waals surface area (Å²) < 4.78 is 0. The van der Waals surface area contributed by atoms with Gasteiger partial charge in [-0.15, -0.1) is 0 Å². The molecule has 0 saturated carbocycles. The minimum Gasteiger partial charge on any atom is -0.394 e. The molecule has 0 heterocycles. The lowest BCUT2D eigenvalue weighted by Crippen LogP contribution is -2.46. The number of ketones is 1. The summed E-state index contributed by atoms with van der Waals surface area (Å²) in [7, 11) is 0. The lowest BCUT2D eigenvalue weighted by atomic mass is 9.90. The van der Waals surface area contributed by atoms with Crippen LogP contribution in [0.4, 0.5) is 0 Å². The van der Waals surface area contributed by atoms with Crippen LogP contribution in [0.1, 0.15) is 6.92 Å². The molecule has 0 saturated heterocycles. The number of allylic oxidation sites excluding steroid dienone is 1. The summed E-state index contributed by atoms with van der Waals surface area (Å²) in [5, 5.41) is 36.4. The molecule has 6 heteroatoms. The summed E-state index contributed by atoms with van der Waals surface area (Å²) in [6.45, 7) is 3.89. The van der Waals surface area contributed by atoms with E-state index in [2.05, 4.69) is 6.58 Å². The number of aliphatic hydroxyl groups excluding tert-OH is 4. The van der Waals surface area contributed by atoms with E-state index in [9.17, 15) is 19.8 Å². The van der Waals surface area contributed by atoms with Gasteiger partial charge in [0.2, 0.25) is 0 Å². The molecule has 0 fully saturated rings. The normalized spacial score (nSPS) is 18.3. The molecule has 92 valence electrons. The summed E-state index contributed by atoms with van der Waals surface area (Å²) >= 11 is 0. The summed E-state index contributed by atoms with van der Waals surface area (Å²) in [5.74, 6) is -2.21. The third kappa shape index (κ3) is 3.49. The van der Waals surface area contributed by atoms with Crippen LogP contribution in [-0.2, 0) is 9.59 Å². The fraction of sp³-hybridized carbons (Fsp3) is 0.600. The zero-order valence-corrected chi connectivity index (χ0v) is 8.91. The molecule has 6 nitrogen and oxygen atoms in total. The van der Waals surface area contributed by atoms with E-state index in [1.54, 1.807) is 0 Å². The first-order chi connectivity index (χ1) is 7.36. The quantitative estimate of drug-likeness (QED) is 0.230. The molecule has 0 aromatic rings. The Morgan fingerprint density at radius 2 is 1.81 bits per heavy atom.